The molecular weight excluding hydrogens is 350 g/mol. The minimum atomic E-state index is -3.79. The molecule has 0 aliphatic rings. The second kappa shape index (κ2) is 6.37. The van der Waals surface area contributed by atoms with E-state index in [1.807, 2.05) is 0 Å². The van der Waals surface area contributed by atoms with Gasteiger partial charge in [0, 0.05) is 11.1 Å². The van der Waals surface area contributed by atoms with Gasteiger partial charge in [-0.25, -0.2) is 13.1 Å². The van der Waals surface area contributed by atoms with E-state index in [2.05, 4.69) is 9.71 Å². The summed E-state index contributed by atoms with van der Waals surface area (Å²) >= 11 is 12.0. The Hall–Kier alpha value is -1.06. The molecule has 1 unspecified atom stereocenters. The quantitative estimate of drug-likeness (QED) is 0.799. The van der Waals surface area contributed by atoms with Gasteiger partial charge in [-0.1, -0.05) is 23.8 Å². The first kappa shape index (κ1) is 16.3. The molecule has 0 bridgehead atoms. The van der Waals surface area contributed by atoms with E-state index in [1.54, 1.807) is 19.1 Å². The molecule has 2 aromatic rings. The third-order valence-electron chi connectivity index (χ3n) is 2.65. The molecule has 0 fully saturated rings. The lowest BCUT2D eigenvalue weighted by Gasteiger charge is -2.14. The Morgan fingerprint density at radius 1 is 1.48 bits per heavy atom. The van der Waals surface area contributed by atoms with Crippen molar-refractivity contribution in [1.29, 1.82) is 0 Å². The molecule has 0 saturated carbocycles. The van der Waals surface area contributed by atoms with Crippen molar-refractivity contribution in [3.8, 4) is 0 Å². The molecule has 0 spiro atoms. The van der Waals surface area contributed by atoms with Crippen LogP contribution in [0.4, 0.5) is 0 Å². The number of pyridine rings is 1. The summed E-state index contributed by atoms with van der Waals surface area (Å²) < 4.78 is 28.1. The van der Waals surface area contributed by atoms with Gasteiger partial charge in [0.25, 0.3) is 0 Å². The number of aromatic nitrogens is 1. The van der Waals surface area contributed by atoms with Gasteiger partial charge in [-0.15, -0.1) is 11.3 Å². The average molecular weight is 362 g/mol. The van der Waals surface area contributed by atoms with Crippen LogP contribution in [-0.2, 0) is 10.0 Å². The van der Waals surface area contributed by atoms with Crippen LogP contribution in [0.3, 0.4) is 0 Å². The van der Waals surface area contributed by atoms with Crippen LogP contribution in [0.1, 0.15) is 23.5 Å². The van der Waals surface area contributed by atoms with Crippen LogP contribution in [0.25, 0.3) is 0 Å². The van der Waals surface area contributed by atoms with E-state index in [0.29, 0.717) is 4.34 Å². The minimum absolute atomic E-state index is 0.0352. The summed E-state index contributed by atoms with van der Waals surface area (Å²) in [6, 6.07) is 6.00. The van der Waals surface area contributed by atoms with Gasteiger partial charge in [-0.05, 0) is 31.2 Å². The van der Waals surface area contributed by atoms with Crippen molar-refractivity contribution in [3.05, 3.63) is 45.4 Å². The molecule has 2 rings (SSSR count). The maximum absolute atomic E-state index is 12.5. The SMILES string of the molecule is CC(NS(=O)(=O)c1cccnc1C(N)=S)c1ccc(Cl)s1. The number of thiocarbonyl (C=S) groups is 1. The molecule has 0 amide bonds. The number of thiophene rings is 1. The molecule has 0 aliphatic carbocycles. The van der Waals surface area contributed by atoms with Gasteiger partial charge >= 0.3 is 0 Å². The second-order valence-corrected chi connectivity index (χ2v) is 8.07. The minimum Gasteiger partial charge on any atom is -0.388 e. The predicted molar refractivity (Wildman–Crippen MR) is 88.2 cm³/mol. The molecule has 0 aliphatic heterocycles. The van der Waals surface area contributed by atoms with Gasteiger partial charge in [-0.2, -0.15) is 0 Å². The largest absolute Gasteiger partial charge is 0.388 e. The van der Waals surface area contributed by atoms with E-state index in [-0.39, 0.29) is 15.6 Å². The first-order chi connectivity index (χ1) is 9.81. The number of nitrogens with one attached hydrogen (secondary N) is 1. The van der Waals surface area contributed by atoms with Crippen molar-refractivity contribution in [3.63, 3.8) is 0 Å². The highest BCUT2D eigenvalue weighted by Crippen LogP contribution is 2.28. The van der Waals surface area contributed by atoms with Crippen molar-refractivity contribution < 1.29 is 8.42 Å². The Morgan fingerprint density at radius 3 is 2.76 bits per heavy atom. The lowest BCUT2D eigenvalue weighted by Crippen LogP contribution is -2.29. The zero-order valence-electron chi connectivity index (χ0n) is 10.9. The van der Waals surface area contributed by atoms with Crippen molar-refractivity contribution in [1.82, 2.24) is 9.71 Å². The number of hydrogen-bond acceptors (Lipinski definition) is 5. The van der Waals surface area contributed by atoms with Crippen molar-refractivity contribution >= 4 is 50.2 Å². The molecule has 112 valence electrons. The third kappa shape index (κ3) is 3.78. The van der Waals surface area contributed by atoms with E-state index >= 15 is 0 Å². The van der Waals surface area contributed by atoms with Gasteiger partial charge in [0.1, 0.15) is 15.6 Å². The molecule has 1 atom stereocenters. The van der Waals surface area contributed by atoms with Gasteiger partial charge in [0.05, 0.1) is 10.4 Å². The summed E-state index contributed by atoms with van der Waals surface area (Å²) in [7, 11) is -3.79. The molecule has 0 radical (unpaired) electrons. The number of halogens is 1. The first-order valence-electron chi connectivity index (χ1n) is 5.83. The Morgan fingerprint density at radius 2 is 2.19 bits per heavy atom. The lowest BCUT2D eigenvalue weighted by atomic mass is 10.3. The van der Waals surface area contributed by atoms with E-state index in [1.165, 1.54) is 29.7 Å². The molecular formula is C12H12ClN3O2S3. The highest BCUT2D eigenvalue weighted by molar-refractivity contribution is 7.89. The maximum Gasteiger partial charge on any atom is 0.243 e. The van der Waals surface area contributed by atoms with Gasteiger partial charge in [0.2, 0.25) is 10.0 Å². The van der Waals surface area contributed by atoms with Crippen LogP contribution in [-0.4, -0.2) is 18.4 Å². The van der Waals surface area contributed by atoms with Crippen molar-refractivity contribution in [2.75, 3.05) is 0 Å². The number of rotatable bonds is 5. The monoisotopic (exact) mass is 361 g/mol. The lowest BCUT2D eigenvalue weighted by molar-refractivity contribution is 0.568. The van der Waals surface area contributed by atoms with Crippen LogP contribution >= 0.6 is 35.2 Å². The van der Waals surface area contributed by atoms with E-state index in [9.17, 15) is 8.42 Å². The van der Waals surface area contributed by atoms with Crippen molar-refractivity contribution in [2.45, 2.75) is 17.9 Å². The summed E-state index contributed by atoms with van der Waals surface area (Å²) in [5.41, 5.74) is 5.60. The topological polar surface area (TPSA) is 85.1 Å². The zero-order valence-corrected chi connectivity index (χ0v) is 14.1. The Labute approximate surface area is 137 Å². The van der Waals surface area contributed by atoms with Crippen LogP contribution < -0.4 is 10.5 Å². The summed E-state index contributed by atoms with van der Waals surface area (Å²) in [5.74, 6) is 0. The van der Waals surface area contributed by atoms with E-state index < -0.39 is 16.1 Å². The molecule has 5 nitrogen and oxygen atoms in total. The summed E-state index contributed by atoms with van der Waals surface area (Å²) in [6.45, 7) is 1.73. The van der Waals surface area contributed by atoms with Crippen LogP contribution in [0.2, 0.25) is 4.34 Å². The standard InChI is InChI=1S/C12H12ClN3O2S3/c1-7(8-4-5-10(13)20-8)16-21(17,18)9-3-2-6-15-11(9)12(14)19/h2-7,16H,1H3,(H2,14,19). The van der Waals surface area contributed by atoms with Crippen molar-refractivity contribution in [2.24, 2.45) is 5.73 Å². The predicted octanol–water partition coefficient (Wildman–Crippen LogP) is 2.47. The molecule has 0 saturated heterocycles. The molecule has 2 aromatic heterocycles. The normalized spacial score (nSPS) is 13.0. The summed E-state index contributed by atoms with van der Waals surface area (Å²) in [6.07, 6.45) is 1.44. The summed E-state index contributed by atoms with van der Waals surface area (Å²) in [5, 5.41) is 0. The fraction of sp³-hybridized carbons (Fsp3) is 0.167. The Bertz CT molecular complexity index is 774. The van der Waals surface area contributed by atoms with Crippen LogP contribution in [0.5, 0.6) is 0 Å². The highest BCUT2D eigenvalue weighted by atomic mass is 35.5. The van der Waals surface area contributed by atoms with Gasteiger partial charge < -0.3 is 5.73 Å². The van der Waals surface area contributed by atoms with Crippen LogP contribution in [0, 0.1) is 0 Å². The first-order valence-corrected chi connectivity index (χ1v) is 8.92. The Kier molecular flexibility index (Phi) is 4.95. The third-order valence-corrected chi connectivity index (χ3v) is 5.83. The summed E-state index contributed by atoms with van der Waals surface area (Å²) in [4.78, 5) is 4.63. The fourth-order valence-corrected chi connectivity index (χ4v) is 4.47. The average Bonchev–Trinajstić information content (AvgIpc) is 2.85. The number of nitrogens with two attached hydrogens (primary N) is 1. The zero-order chi connectivity index (χ0) is 15.6. The molecule has 2 heterocycles. The second-order valence-electron chi connectivity index (χ2n) is 4.20. The number of sulfonamides is 1. The molecule has 21 heavy (non-hydrogen) atoms. The van der Waals surface area contributed by atoms with E-state index in [4.69, 9.17) is 29.6 Å². The number of hydrogen-bond donors (Lipinski definition) is 2. The molecule has 0 aromatic carbocycles. The molecule has 9 heteroatoms. The van der Waals surface area contributed by atoms with Gasteiger partial charge in [-0.3, -0.25) is 4.98 Å². The van der Waals surface area contributed by atoms with E-state index in [0.717, 1.165) is 4.88 Å². The highest BCUT2D eigenvalue weighted by Gasteiger charge is 2.23. The Balaban J connectivity index is 2.33. The fourth-order valence-electron chi connectivity index (χ4n) is 1.71. The molecule has 3 N–H and O–H groups in total. The maximum atomic E-state index is 12.5. The smallest absolute Gasteiger partial charge is 0.243 e. The van der Waals surface area contributed by atoms with Gasteiger partial charge in [0.15, 0.2) is 0 Å². The number of nitrogens with zero attached hydrogens (tertiary/aromatic N) is 1. The van der Waals surface area contributed by atoms with Crippen LogP contribution in [0.15, 0.2) is 35.4 Å².